The quantitative estimate of drug-likeness (QED) is 0.640. The predicted molar refractivity (Wildman–Crippen MR) is 98.7 cm³/mol. The van der Waals surface area contributed by atoms with Crippen molar-refractivity contribution < 1.29 is 9.59 Å². The molecular weight excluding hydrogens is 318 g/mol. The van der Waals surface area contributed by atoms with Gasteiger partial charge >= 0.3 is 0 Å². The lowest BCUT2D eigenvalue weighted by Gasteiger charge is -2.08. The maximum atomic E-state index is 12.3. The first kappa shape index (κ1) is 18.4. The highest BCUT2D eigenvalue weighted by molar-refractivity contribution is 6.03. The molecule has 0 fully saturated rings. The van der Waals surface area contributed by atoms with Crippen LogP contribution in [0.4, 0.5) is 17.2 Å². The molecule has 0 saturated heterocycles. The maximum Gasteiger partial charge on any atom is 0.274 e. The van der Waals surface area contributed by atoms with Crippen molar-refractivity contribution in [2.45, 2.75) is 33.1 Å². The number of anilines is 3. The van der Waals surface area contributed by atoms with Crippen molar-refractivity contribution in [1.82, 2.24) is 9.97 Å². The topological polar surface area (TPSA) is 96.0 Å². The minimum Gasteiger partial charge on any atom is -0.370 e. The fourth-order valence-corrected chi connectivity index (χ4v) is 2.20. The summed E-state index contributed by atoms with van der Waals surface area (Å²) in [6, 6.07) is 8.50. The van der Waals surface area contributed by atoms with Gasteiger partial charge in [-0.2, -0.15) is 0 Å². The fraction of sp³-hybridized carbons (Fsp3) is 0.333. The molecule has 0 aliphatic heterocycles. The van der Waals surface area contributed by atoms with Gasteiger partial charge in [0.1, 0.15) is 17.8 Å². The third-order valence-electron chi connectivity index (χ3n) is 3.45. The number of amides is 2. The maximum absolute atomic E-state index is 12.3. The first-order valence-electron chi connectivity index (χ1n) is 8.33. The fourth-order valence-electron chi connectivity index (χ4n) is 2.20. The monoisotopic (exact) mass is 341 g/mol. The minimum absolute atomic E-state index is 0.142. The van der Waals surface area contributed by atoms with E-state index in [1.54, 1.807) is 30.3 Å². The number of rotatable bonds is 8. The van der Waals surface area contributed by atoms with Crippen LogP contribution in [0.5, 0.6) is 0 Å². The van der Waals surface area contributed by atoms with Crippen LogP contribution in [-0.2, 0) is 4.79 Å². The van der Waals surface area contributed by atoms with Gasteiger partial charge in [0.05, 0.1) is 0 Å². The number of nitrogens with one attached hydrogen (secondary N) is 3. The van der Waals surface area contributed by atoms with Gasteiger partial charge in [-0.15, -0.1) is 0 Å². The lowest BCUT2D eigenvalue weighted by molar-refractivity contribution is -0.114. The van der Waals surface area contributed by atoms with Gasteiger partial charge in [-0.1, -0.05) is 19.8 Å². The van der Waals surface area contributed by atoms with E-state index in [9.17, 15) is 9.59 Å². The first-order valence-corrected chi connectivity index (χ1v) is 8.33. The molecule has 2 amide bonds. The van der Waals surface area contributed by atoms with Crippen LogP contribution in [0.2, 0.25) is 0 Å². The number of aromatic nitrogens is 2. The second-order valence-corrected chi connectivity index (χ2v) is 5.64. The Hall–Kier alpha value is -2.96. The average molecular weight is 341 g/mol. The number of hydrogen-bond acceptors (Lipinski definition) is 5. The Morgan fingerprint density at radius 1 is 1.00 bits per heavy atom. The van der Waals surface area contributed by atoms with Gasteiger partial charge in [0.15, 0.2) is 0 Å². The van der Waals surface area contributed by atoms with Crippen molar-refractivity contribution in [1.29, 1.82) is 0 Å². The van der Waals surface area contributed by atoms with Crippen LogP contribution in [0.25, 0.3) is 0 Å². The SMILES string of the molecule is CCCCCNc1cc(C(=O)Nc2ccc(NC(C)=O)cc2)ncn1. The molecule has 7 heteroatoms. The summed E-state index contributed by atoms with van der Waals surface area (Å²) in [5.74, 6) is 0.181. The van der Waals surface area contributed by atoms with Gasteiger partial charge in [-0.25, -0.2) is 9.97 Å². The van der Waals surface area contributed by atoms with E-state index >= 15 is 0 Å². The van der Waals surface area contributed by atoms with Gasteiger partial charge in [-0.3, -0.25) is 9.59 Å². The zero-order valence-corrected chi connectivity index (χ0v) is 14.5. The molecule has 0 spiro atoms. The third kappa shape index (κ3) is 6.21. The number of nitrogens with zero attached hydrogens (tertiary/aromatic N) is 2. The third-order valence-corrected chi connectivity index (χ3v) is 3.45. The van der Waals surface area contributed by atoms with Crippen LogP contribution < -0.4 is 16.0 Å². The number of hydrogen-bond donors (Lipinski definition) is 3. The van der Waals surface area contributed by atoms with E-state index in [0.717, 1.165) is 25.8 Å². The lowest BCUT2D eigenvalue weighted by Crippen LogP contribution is -2.15. The largest absolute Gasteiger partial charge is 0.370 e. The Bertz CT molecular complexity index is 716. The Morgan fingerprint density at radius 3 is 2.32 bits per heavy atom. The highest BCUT2D eigenvalue weighted by Gasteiger charge is 2.09. The Labute approximate surface area is 147 Å². The molecule has 2 aromatic rings. The van der Waals surface area contributed by atoms with Crippen LogP contribution in [0, 0.1) is 0 Å². The second kappa shape index (κ2) is 9.36. The Morgan fingerprint density at radius 2 is 1.68 bits per heavy atom. The molecule has 132 valence electrons. The summed E-state index contributed by atoms with van der Waals surface area (Å²) < 4.78 is 0. The molecular formula is C18H23N5O2. The van der Waals surface area contributed by atoms with Crippen LogP contribution >= 0.6 is 0 Å². The highest BCUT2D eigenvalue weighted by Crippen LogP contribution is 2.15. The molecule has 0 unspecified atom stereocenters. The van der Waals surface area contributed by atoms with Gasteiger partial charge in [0.2, 0.25) is 5.91 Å². The van der Waals surface area contributed by atoms with E-state index in [4.69, 9.17) is 0 Å². The number of benzene rings is 1. The van der Waals surface area contributed by atoms with Crippen LogP contribution in [-0.4, -0.2) is 28.3 Å². The second-order valence-electron chi connectivity index (χ2n) is 5.64. The van der Waals surface area contributed by atoms with E-state index in [-0.39, 0.29) is 11.8 Å². The minimum atomic E-state index is -0.314. The molecule has 2 rings (SSSR count). The average Bonchev–Trinajstić information content (AvgIpc) is 2.60. The summed E-state index contributed by atoms with van der Waals surface area (Å²) in [7, 11) is 0. The van der Waals surface area contributed by atoms with Crippen molar-refractivity contribution >= 4 is 29.0 Å². The van der Waals surface area contributed by atoms with Crippen molar-refractivity contribution in [3.05, 3.63) is 42.4 Å². The smallest absolute Gasteiger partial charge is 0.274 e. The van der Waals surface area contributed by atoms with E-state index in [1.807, 2.05) is 0 Å². The van der Waals surface area contributed by atoms with Crippen LogP contribution in [0.15, 0.2) is 36.7 Å². The van der Waals surface area contributed by atoms with Crippen molar-refractivity contribution in [2.75, 3.05) is 22.5 Å². The van der Waals surface area contributed by atoms with Gasteiger partial charge in [-0.05, 0) is 30.7 Å². The zero-order chi connectivity index (χ0) is 18.1. The van der Waals surface area contributed by atoms with E-state index in [0.29, 0.717) is 22.9 Å². The standard InChI is InChI=1S/C18H23N5O2/c1-3-4-5-10-19-17-11-16(20-12-21-17)18(25)23-15-8-6-14(7-9-15)22-13(2)24/h6-9,11-12H,3-5,10H2,1-2H3,(H,22,24)(H,23,25)(H,19,20,21). The lowest BCUT2D eigenvalue weighted by atomic mass is 10.2. The first-order chi connectivity index (χ1) is 12.1. The molecule has 1 heterocycles. The van der Waals surface area contributed by atoms with Gasteiger partial charge in [0, 0.05) is 30.9 Å². The van der Waals surface area contributed by atoms with Crippen LogP contribution in [0.3, 0.4) is 0 Å². The number of carbonyl (C=O) groups is 2. The van der Waals surface area contributed by atoms with Crippen molar-refractivity contribution in [3.8, 4) is 0 Å². The molecule has 0 aliphatic rings. The highest BCUT2D eigenvalue weighted by atomic mass is 16.2. The van der Waals surface area contributed by atoms with Gasteiger partial charge in [0.25, 0.3) is 5.91 Å². The summed E-state index contributed by atoms with van der Waals surface area (Å²) in [5.41, 5.74) is 1.58. The molecule has 0 bridgehead atoms. The summed E-state index contributed by atoms with van der Waals surface area (Å²) in [6.45, 7) is 4.41. The van der Waals surface area contributed by atoms with Crippen molar-refractivity contribution in [3.63, 3.8) is 0 Å². The molecule has 0 aliphatic carbocycles. The summed E-state index contributed by atoms with van der Waals surface area (Å²) >= 11 is 0. The van der Waals surface area contributed by atoms with E-state index in [1.165, 1.54) is 13.3 Å². The van der Waals surface area contributed by atoms with Gasteiger partial charge < -0.3 is 16.0 Å². The molecule has 7 nitrogen and oxygen atoms in total. The Balaban J connectivity index is 1.94. The summed E-state index contributed by atoms with van der Waals surface area (Å²) in [6.07, 6.45) is 4.74. The summed E-state index contributed by atoms with van der Waals surface area (Å²) in [4.78, 5) is 31.4. The van der Waals surface area contributed by atoms with Crippen molar-refractivity contribution in [2.24, 2.45) is 0 Å². The normalized spacial score (nSPS) is 10.2. The molecule has 3 N–H and O–H groups in total. The predicted octanol–water partition coefficient (Wildman–Crippen LogP) is 3.29. The summed E-state index contributed by atoms with van der Waals surface area (Å²) in [5, 5.41) is 8.64. The molecule has 1 aromatic heterocycles. The molecule has 0 saturated carbocycles. The molecule has 0 radical (unpaired) electrons. The zero-order valence-electron chi connectivity index (χ0n) is 14.5. The van der Waals surface area contributed by atoms with E-state index in [2.05, 4.69) is 32.8 Å². The molecule has 0 atom stereocenters. The Kier molecular flexibility index (Phi) is 6.88. The number of unbranched alkanes of at least 4 members (excludes halogenated alkanes) is 2. The number of carbonyl (C=O) groups excluding carboxylic acids is 2. The molecule has 1 aromatic carbocycles. The van der Waals surface area contributed by atoms with Crippen LogP contribution in [0.1, 0.15) is 43.6 Å². The van der Waals surface area contributed by atoms with E-state index < -0.39 is 0 Å². The molecule has 25 heavy (non-hydrogen) atoms.